The van der Waals surface area contributed by atoms with Gasteiger partial charge in [0.25, 0.3) is 0 Å². The second kappa shape index (κ2) is 16.6. The molecule has 5 nitrogen and oxygen atoms in total. The average Bonchev–Trinajstić information content (AvgIpc) is 3.14. The third kappa shape index (κ3) is 9.30. The first kappa shape index (κ1) is 32.0. The van der Waals surface area contributed by atoms with Crippen molar-refractivity contribution >= 4 is 6.08 Å². The quantitative estimate of drug-likeness (QED) is 0.114. The van der Waals surface area contributed by atoms with Gasteiger partial charge in [-0.1, -0.05) is 140 Å². The van der Waals surface area contributed by atoms with Gasteiger partial charge in [-0.3, -0.25) is 0 Å². The Balaban J connectivity index is 1.20. The molecule has 48 heavy (non-hydrogen) atoms. The van der Waals surface area contributed by atoms with Crippen molar-refractivity contribution in [2.75, 3.05) is 0 Å². The lowest BCUT2D eigenvalue weighted by Gasteiger charge is -2.15. The molecule has 5 heteroatoms. The summed E-state index contributed by atoms with van der Waals surface area (Å²) in [4.78, 5) is 0. The Bertz CT molecular complexity index is 1890. The van der Waals surface area contributed by atoms with Gasteiger partial charge in [-0.2, -0.15) is 0 Å². The molecule has 0 bridgehead atoms. The molecule has 0 aromatic heterocycles. The Morgan fingerprint density at radius 2 is 0.896 bits per heavy atom. The number of ether oxygens (including phenoxy) is 4. The van der Waals surface area contributed by atoms with Gasteiger partial charge >= 0.3 is 0 Å². The Hall–Kier alpha value is -5.94. The molecule has 0 atom stereocenters. The van der Waals surface area contributed by atoms with Crippen molar-refractivity contribution in [3.63, 3.8) is 0 Å². The molecule has 0 fully saturated rings. The van der Waals surface area contributed by atoms with E-state index in [1.54, 1.807) is 6.07 Å². The summed E-state index contributed by atoms with van der Waals surface area (Å²) in [6, 6.07) is 49.5. The van der Waals surface area contributed by atoms with Gasteiger partial charge in [-0.25, -0.2) is 0 Å². The van der Waals surface area contributed by atoms with Crippen molar-refractivity contribution in [3.8, 4) is 28.7 Å². The molecule has 0 aliphatic carbocycles. The molecule has 0 saturated heterocycles. The van der Waals surface area contributed by atoms with Crippen LogP contribution in [0.3, 0.4) is 0 Å². The summed E-state index contributed by atoms with van der Waals surface area (Å²) in [6.45, 7) is 1.61. The van der Waals surface area contributed by atoms with Crippen LogP contribution in [0.15, 0.2) is 158 Å². The fraction of sp³-hybridized carbons (Fsp3) is 0.116. The fourth-order valence-electron chi connectivity index (χ4n) is 5.14. The molecule has 6 aromatic rings. The number of hydrogen-bond donors (Lipinski definition) is 1. The second-order valence-corrected chi connectivity index (χ2v) is 11.3. The molecule has 6 rings (SSSR count). The minimum Gasteiger partial charge on any atom is -0.507 e. The highest BCUT2D eigenvalue weighted by Crippen LogP contribution is 2.36. The van der Waals surface area contributed by atoms with E-state index in [0.29, 0.717) is 61.4 Å². The first-order valence-electron chi connectivity index (χ1n) is 16.0. The number of phenols is 1. The molecule has 240 valence electrons. The normalized spacial score (nSPS) is 10.9. The monoisotopic (exact) mass is 636 g/mol. The molecule has 6 aromatic carbocycles. The molecule has 0 radical (unpaired) electrons. The lowest BCUT2D eigenvalue weighted by atomic mass is 10.2. The minimum atomic E-state index is 0.116. The highest BCUT2D eigenvalue weighted by Gasteiger charge is 2.13. The number of benzene rings is 6. The van der Waals surface area contributed by atoms with Crippen LogP contribution in [0.4, 0.5) is 0 Å². The first-order chi connectivity index (χ1) is 23.7. The molecule has 0 spiro atoms. The van der Waals surface area contributed by atoms with Crippen molar-refractivity contribution in [1.82, 2.24) is 0 Å². The van der Waals surface area contributed by atoms with E-state index in [2.05, 4.69) is 0 Å². The first-order valence-corrected chi connectivity index (χ1v) is 16.0. The number of allylic oxidation sites excluding steroid dienone is 1. The summed E-state index contributed by atoms with van der Waals surface area (Å²) >= 11 is 0. The van der Waals surface area contributed by atoms with Crippen LogP contribution in [-0.4, -0.2) is 5.11 Å². The standard InChI is InChI=1S/C43H38O5/c44-40-27-38(45-29-34-14-5-1-6-15-34)28-42(47-31-36-18-9-3-10-19-36)39(40)23-13-22-33-24-25-41(46-30-35-16-7-2-8-17-35)43(26-33)48-32-37-20-11-4-12-21-37/h1-22,24-28,44H,23,29-32H2/b22-13+/i22+1,23+1. The lowest BCUT2D eigenvalue weighted by molar-refractivity contribution is 0.256. The smallest absolute Gasteiger partial charge is 0.162 e. The van der Waals surface area contributed by atoms with Gasteiger partial charge in [0.05, 0.1) is 0 Å². The molecule has 1 N–H and O–H groups in total. The van der Waals surface area contributed by atoms with Crippen LogP contribution in [0.1, 0.15) is 33.4 Å². The fourth-order valence-corrected chi connectivity index (χ4v) is 5.14. The average molecular weight is 637 g/mol. The van der Waals surface area contributed by atoms with Crippen molar-refractivity contribution < 1.29 is 24.1 Å². The Morgan fingerprint density at radius 1 is 0.438 bits per heavy atom. The van der Waals surface area contributed by atoms with Gasteiger partial charge in [-0.15, -0.1) is 0 Å². The van der Waals surface area contributed by atoms with E-state index in [0.717, 1.165) is 27.8 Å². The molecular weight excluding hydrogens is 598 g/mol. The molecule has 0 aliphatic heterocycles. The van der Waals surface area contributed by atoms with E-state index >= 15 is 0 Å². The highest BCUT2D eigenvalue weighted by molar-refractivity contribution is 5.58. The van der Waals surface area contributed by atoms with E-state index in [1.807, 2.05) is 158 Å². The number of rotatable bonds is 15. The lowest BCUT2D eigenvalue weighted by Crippen LogP contribution is -2.01. The minimum absolute atomic E-state index is 0.116. The van der Waals surface area contributed by atoms with Crippen LogP contribution in [0.25, 0.3) is 6.08 Å². The zero-order valence-corrected chi connectivity index (χ0v) is 26.7. The highest BCUT2D eigenvalue weighted by atomic mass is 16.5. The van der Waals surface area contributed by atoms with Gasteiger partial charge in [-0.05, 0) is 46.4 Å². The summed E-state index contributed by atoms with van der Waals surface area (Å²) in [5.74, 6) is 2.56. The molecule has 0 unspecified atom stereocenters. The van der Waals surface area contributed by atoms with Crippen molar-refractivity contribution in [2.45, 2.75) is 32.8 Å². The second-order valence-electron chi connectivity index (χ2n) is 11.3. The van der Waals surface area contributed by atoms with Gasteiger partial charge in [0, 0.05) is 17.7 Å². The maximum atomic E-state index is 11.1. The molecule has 0 saturated carbocycles. The Morgan fingerprint density at radius 3 is 1.42 bits per heavy atom. The molecule has 0 amide bonds. The number of phenolic OH excluding ortho intramolecular Hbond substituents is 1. The summed E-state index contributed by atoms with van der Waals surface area (Å²) in [5, 5.41) is 11.1. The zero-order chi connectivity index (χ0) is 32.8. The predicted molar refractivity (Wildman–Crippen MR) is 190 cm³/mol. The van der Waals surface area contributed by atoms with Gasteiger partial charge in [0.15, 0.2) is 11.5 Å². The van der Waals surface area contributed by atoms with E-state index in [4.69, 9.17) is 18.9 Å². The Labute approximate surface area is 282 Å². The van der Waals surface area contributed by atoms with Crippen LogP contribution in [-0.2, 0) is 32.8 Å². The topological polar surface area (TPSA) is 57.2 Å². The number of aromatic hydroxyl groups is 1. The van der Waals surface area contributed by atoms with Crippen LogP contribution in [0.2, 0.25) is 0 Å². The van der Waals surface area contributed by atoms with Crippen LogP contribution in [0.5, 0.6) is 28.7 Å². The summed E-state index contributed by atoms with van der Waals surface area (Å²) in [7, 11) is 0. The van der Waals surface area contributed by atoms with Crippen molar-refractivity contribution in [1.29, 1.82) is 0 Å². The zero-order valence-electron chi connectivity index (χ0n) is 26.7. The third-order valence-corrected chi connectivity index (χ3v) is 7.72. The molecule has 0 aliphatic rings. The summed E-state index contributed by atoms with van der Waals surface area (Å²) < 4.78 is 24.7. The van der Waals surface area contributed by atoms with Crippen LogP contribution in [0, 0.1) is 0 Å². The molecular formula is C43H38O5. The SMILES string of the molecule is Oc1cc(OCc2ccccc2)cc(OCc2ccccc2)c1[13CH2]/C=[13CH]/c1ccc(OCc2ccccc2)c(OCc2ccccc2)c1. The van der Waals surface area contributed by atoms with Gasteiger partial charge in [0.2, 0.25) is 0 Å². The maximum absolute atomic E-state index is 11.1. The van der Waals surface area contributed by atoms with Crippen LogP contribution >= 0.6 is 0 Å². The predicted octanol–water partition coefficient (Wildman–Crippen LogP) is 9.96. The Kier molecular flexibility index (Phi) is 11.1. The molecule has 0 heterocycles. The largest absolute Gasteiger partial charge is 0.507 e. The van der Waals surface area contributed by atoms with Crippen LogP contribution < -0.4 is 18.9 Å². The van der Waals surface area contributed by atoms with Gasteiger partial charge in [0.1, 0.15) is 43.7 Å². The third-order valence-electron chi connectivity index (χ3n) is 7.72. The maximum Gasteiger partial charge on any atom is 0.162 e. The summed E-state index contributed by atoms with van der Waals surface area (Å²) in [5.41, 5.74) is 5.85. The van der Waals surface area contributed by atoms with E-state index in [1.165, 1.54) is 0 Å². The van der Waals surface area contributed by atoms with Crippen molar-refractivity contribution in [2.24, 2.45) is 0 Å². The summed E-state index contributed by atoms with van der Waals surface area (Å²) in [6.07, 6.45) is 4.47. The number of hydrogen-bond acceptors (Lipinski definition) is 5. The van der Waals surface area contributed by atoms with Gasteiger partial charge < -0.3 is 24.1 Å². The van der Waals surface area contributed by atoms with E-state index in [9.17, 15) is 5.11 Å². The van der Waals surface area contributed by atoms with Crippen molar-refractivity contribution in [3.05, 3.63) is 191 Å². The van der Waals surface area contributed by atoms with E-state index in [-0.39, 0.29) is 5.75 Å². The van der Waals surface area contributed by atoms with E-state index < -0.39 is 0 Å².